The number of hydrogen-bond acceptors (Lipinski definition) is 4. The Morgan fingerprint density at radius 2 is 1.37 bits per heavy atom. The van der Waals surface area contributed by atoms with Crippen molar-refractivity contribution in [1.82, 2.24) is 4.98 Å². The smallest absolute Gasteiger partial charge is 0.399 e. The van der Waals surface area contributed by atoms with Gasteiger partial charge in [-0.1, -0.05) is 122 Å². The Labute approximate surface area is 302 Å². The van der Waals surface area contributed by atoms with Crippen molar-refractivity contribution in [2.45, 2.75) is 108 Å². The molecule has 1 atom stereocenters. The quantitative estimate of drug-likeness (QED) is 0.109. The number of carbonyl (C=O) groups excluding carboxylic acids is 1. The first-order valence-corrected chi connectivity index (χ1v) is 17.1. The summed E-state index contributed by atoms with van der Waals surface area (Å²) in [6, 6.07) is 0.305. The van der Waals surface area contributed by atoms with Gasteiger partial charge in [-0.15, -0.1) is 0 Å². The van der Waals surface area contributed by atoms with Gasteiger partial charge in [0, 0.05) is 16.1 Å². The molecule has 0 amide bonds. The molecule has 0 saturated heterocycles. The van der Waals surface area contributed by atoms with E-state index in [0.717, 1.165) is 18.2 Å². The lowest BCUT2D eigenvalue weighted by molar-refractivity contribution is -0.139. The van der Waals surface area contributed by atoms with Crippen LogP contribution in [-0.4, -0.2) is 22.6 Å². The summed E-state index contributed by atoms with van der Waals surface area (Å²) >= 11 is 17.7. The Balaban J connectivity index is -0.00000193. The van der Waals surface area contributed by atoms with Gasteiger partial charge in [0.05, 0.1) is 16.3 Å². The number of nitrogens with zero attached hydrogens (tertiary/aromatic N) is 1. The second kappa shape index (κ2) is 24.2. The van der Waals surface area contributed by atoms with Crippen molar-refractivity contribution in [2.75, 3.05) is 5.32 Å². The van der Waals surface area contributed by atoms with Crippen molar-refractivity contribution >= 4 is 52.6 Å². The number of benzene rings is 2. The fraction of sp³-hybridized carbons (Fsp3) is 0.444. The number of aryl methyl sites for hydroxylation is 2. The van der Waals surface area contributed by atoms with E-state index in [2.05, 4.69) is 4.98 Å². The third-order valence-electron chi connectivity index (χ3n) is 5.96. The summed E-state index contributed by atoms with van der Waals surface area (Å²) in [4.78, 5) is 15.2. The molecular formula is C36H49Cl3F6N2O2. The highest BCUT2D eigenvalue weighted by Crippen LogP contribution is 2.44. The first-order chi connectivity index (χ1) is 23.0. The van der Waals surface area contributed by atoms with Gasteiger partial charge in [0.15, 0.2) is 17.2 Å². The fourth-order valence-corrected chi connectivity index (χ4v) is 4.38. The summed E-state index contributed by atoms with van der Waals surface area (Å²) in [5.74, 6) is -4.86. The van der Waals surface area contributed by atoms with Crippen LogP contribution >= 0.6 is 34.8 Å². The zero-order valence-electron chi connectivity index (χ0n) is 30.3. The number of aromatic nitrogens is 1. The zero-order valence-corrected chi connectivity index (χ0v) is 32.6. The van der Waals surface area contributed by atoms with E-state index in [9.17, 15) is 23.1 Å². The van der Waals surface area contributed by atoms with Gasteiger partial charge >= 0.3 is 12.2 Å². The van der Waals surface area contributed by atoms with E-state index in [1.54, 1.807) is 19.2 Å². The molecule has 3 rings (SSSR count). The summed E-state index contributed by atoms with van der Waals surface area (Å²) in [5, 5.41) is 10.9. The molecule has 2 N–H and O–H groups in total. The summed E-state index contributed by atoms with van der Waals surface area (Å²) in [5.41, 5.74) is -2.47. The van der Waals surface area contributed by atoms with Gasteiger partial charge in [-0.2, -0.15) is 22.0 Å². The Morgan fingerprint density at radius 3 is 1.82 bits per heavy atom. The van der Waals surface area contributed by atoms with Crippen LogP contribution in [0.25, 0.3) is 5.83 Å². The maximum absolute atomic E-state index is 15.4. The molecule has 0 saturated carbocycles. The fourth-order valence-electron chi connectivity index (χ4n) is 3.70. The molecule has 1 unspecified atom stereocenters. The molecule has 2 aromatic carbocycles. The lowest BCUT2D eigenvalue weighted by Gasteiger charge is -2.23. The Hall–Kier alpha value is -2.95. The molecule has 0 fully saturated rings. The van der Waals surface area contributed by atoms with Gasteiger partial charge in [-0.05, 0) is 55.7 Å². The highest BCUT2D eigenvalue weighted by atomic mass is 35.5. The minimum Gasteiger partial charge on any atom is -0.503 e. The molecule has 0 aliphatic carbocycles. The number of aldehydes is 1. The molecule has 0 aliphatic rings. The van der Waals surface area contributed by atoms with Crippen molar-refractivity contribution in [1.29, 1.82) is 0 Å². The average Bonchev–Trinajstić information content (AvgIpc) is 3.10. The molecule has 0 radical (unpaired) electrons. The second-order valence-electron chi connectivity index (χ2n) is 8.62. The van der Waals surface area contributed by atoms with Crippen LogP contribution < -0.4 is 5.32 Å². The summed E-state index contributed by atoms with van der Waals surface area (Å²) < 4.78 is 87.8. The SMILES string of the molecule is CC.CC.CC.CC.CC.Cc1cc(C(/C=C(\F)c2ccc(C=O)c(C(F)(F)Nc3c(O)c(Cl)nc(C)c3Cl)c2)C(F)(F)F)cc(Cl)c1C. The van der Waals surface area contributed by atoms with Crippen molar-refractivity contribution in [3.8, 4) is 5.75 Å². The van der Waals surface area contributed by atoms with E-state index in [-0.39, 0.29) is 28.6 Å². The maximum atomic E-state index is 15.4. The van der Waals surface area contributed by atoms with Gasteiger partial charge in [0.25, 0.3) is 0 Å². The van der Waals surface area contributed by atoms with E-state index < -0.39 is 62.3 Å². The highest BCUT2D eigenvalue weighted by Gasteiger charge is 2.41. The first kappa shape index (κ1) is 50.4. The van der Waals surface area contributed by atoms with Crippen LogP contribution in [0.5, 0.6) is 5.75 Å². The van der Waals surface area contributed by atoms with Crippen LogP contribution in [0.3, 0.4) is 0 Å². The van der Waals surface area contributed by atoms with E-state index in [1.807, 2.05) is 69.2 Å². The third-order valence-corrected chi connectivity index (χ3v) is 7.08. The van der Waals surface area contributed by atoms with E-state index >= 15 is 13.2 Å². The number of pyridine rings is 1. The highest BCUT2D eigenvalue weighted by molar-refractivity contribution is 6.36. The van der Waals surface area contributed by atoms with E-state index in [4.69, 9.17) is 34.8 Å². The molecule has 278 valence electrons. The Bertz CT molecular complexity index is 1430. The van der Waals surface area contributed by atoms with Crippen LogP contribution in [0.1, 0.15) is 119 Å². The number of alkyl halides is 5. The molecule has 13 heteroatoms. The van der Waals surface area contributed by atoms with Crippen LogP contribution in [0.4, 0.5) is 32.0 Å². The van der Waals surface area contributed by atoms with Gasteiger partial charge in [0.1, 0.15) is 17.4 Å². The number of rotatable bonds is 7. The molecule has 4 nitrogen and oxygen atoms in total. The van der Waals surface area contributed by atoms with E-state index in [1.165, 1.54) is 13.0 Å². The van der Waals surface area contributed by atoms with Crippen molar-refractivity contribution < 1.29 is 36.2 Å². The third kappa shape index (κ3) is 14.1. The molecule has 0 spiro atoms. The van der Waals surface area contributed by atoms with Crippen LogP contribution in [-0.2, 0) is 6.05 Å². The standard InChI is InChI=1S/C26H19Cl3F6N2O2.5C2H6/c1-11-6-16(8-19(27)12(11)2)17(25(31,32)33)9-20(30)14-4-5-15(10-38)18(7-14)26(34,35)37-22-21(28)13(3)36-24(29)23(22)39;5*1-2/h4-10,17,39H,1-3H3,(H,36,37);5*1-2H3/b20-9-;;;;;. The molecular weight excluding hydrogens is 713 g/mol. The van der Waals surface area contributed by atoms with Crippen molar-refractivity contribution in [2.24, 2.45) is 0 Å². The van der Waals surface area contributed by atoms with E-state index in [0.29, 0.717) is 17.2 Å². The molecule has 3 aromatic rings. The monoisotopic (exact) mass is 760 g/mol. The molecule has 0 aliphatic heterocycles. The van der Waals surface area contributed by atoms with Crippen LogP contribution in [0.2, 0.25) is 15.2 Å². The summed E-state index contributed by atoms with van der Waals surface area (Å²) in [7, 11) is 0. The van der Waals surface area contributed by atoms with Gasteiger partial charge in [-0.3, -0.25) is 4.79 Å². The van der Waals surface area contributed by atoms with Gasteiger partial charge in [0.2, 0.25) is 0 Å². The number of hydrogen-bond donors (Lipinski definition) is 2. The van der Waals surface area contributed by atoms with Crippen LogP contribution in [0.15, 0.2) is 36.4 Å². The Kier molecular flexibility index (Phi) is 24.9. The lowest BCUT2D eigenvalue weighted by Crippen LogP contribution is -2.27. The average molecular weight is 762 g/mol. The largest absolute Gasteiger partial charge is 0.503 e. The van der Waals surface area contributed by atoms with Crippen molar-refractivity contribution in [3.63, 3.8) is 0 Å². The predicted molar refractivity (Wildman–Crippen MR) is 196 cm³/mol. The molecule has 0 bridgehead atoms. The minimum atomic E-state index is -4.95. The first-order valence-electron chi connectivity index (χ1n) is 16.0. The summed E-state index contributed by atoms with van der Waals surface area (Å²) in [6.45, 7) is 24.5. The number of nitrogens with one attached hydrogen (secondary N) is 1. The normalized spacial score (nSPS) is 11.3. The number of anilines is 1. The number of carbonyl (C=O) groups is 1. The molecule has 49 heavy (non-hydrogen) atoms. The van der Waals surface area contributed by atoms with Crippen LogP contribution in [0, 0.1) is 20.8 Å². The van der Waals surface area contributed by atoms with Gasteiger partial charge < -0.3 is 10.4 Å². The topological polar surface area (TPSA) is 62.2 Å². The Morgan fingerprint density at radius 1 is 0.857 bits per heavy atom. The lowest BCUT2D eigenvalue weighted by atomic mass is 9.93. The number of halogens is 9. The number of aromatic hydroxyl groups is 1. The number of allylic oxidation sites excluding steroid dienone is 1. The maximum Gasteiger partial charge on any atom is 0.399 e. The minimum absolute atomic E-state index is 0.0132. The second-order valence-corrected chi connectivity index (χ2v) is 9.77. The van der Waals surface area contributed by atoms with Crippen molar-refractivity contribution in [3.05, 3.63) is 90.7 Å². The predicted octanol–water partition coefficient (Wildman–Crippen LogP) is 14.4. The summed E-state index contributed by atoms with van der Waals surface area (Å²) in [6.07, 6.45) is -4.66. The zero-order chi connectivity index (χ0) is 39.4. The van der Waals surface area contributed by atoms with Gasteiger partial charge in [-0.25, -0.2) is 9.37 Å². The molecule has 1 aromatic heterocycles. The molecule has 1 heterocycles.